The Morgan fingerprint density at radius 2 is 1.45 bits per heavy atom. The zero-order valence-corrected chi connectivity index (χ0v) is 24.0. The molecule has 4 nitrogen and oxygen atoms in total. The van der Waals surface area contributed by atoms with Gasteiger partial charge in [0, 0.05) is 56.5 Å². The zero-order chi connectivity index (χ0) is 26.2. The van der Waals surface area contributed by atoms with Crippen molar-refractivity contribution in [3.8, 4) is 22.6 Å². The van der Waals surface area contributed by atoms with Crippen molar-refractivity contribution in [2.24, 2.45) is 7.05 Å². The third-order valence-corrected chi connectivity index (χ3v) is 7.00. The van der Waals surface area contributed by atoms with E-state index < -0.39 is 0 Å². The smallest absolute Gasteiger partial charge is 0.129 e. The number of benzene rings is 5. The van der Waals surface area contributed by atoms with E-state index in [1.807, 2.05) is 66.3 Å². The third-order valence-electron chi connectivity index (χ3n) is 7.00. The van der Waals surface area contributed by atoms with Crippen molar-refractivity contribution < 1.29 is 24.5 Å². The molecule has 0 atom stereocenters. The van der Waals surface area contributed by atoms with Crippen molar-refractivity contribution in [3.05, 3.63) is 134 Å². The fourth-order valence-electron chi connectivity index (χ4n) is 5.13. The topological polar surface area (TPSA) is 43.9 Å². The molecule has 3 heterocycles. The molecule has 8 rings (SSSR count). The van der Waals surface area contributed by atoms with E-state index in [0.29, 0.717) is 0 Å². The minimum Gasteiger partial charge on any atom is -0.500 e. The van der Waals surface area contributed by atoms with E-state index in [1.165, 1.54) is 16.2 Å². The van der Waals surface area contributed by atoms with Crippen molar-refractivity contribution in [1.29, 1.82) is 0 Å². The van der Waals surface area contributed by atoms with Gasteiger partial charge in [-0.1, -0.05) is 71.6 Å². The molecule has 5 aromatic carbocycles. The number of hydrogen-bond acceptors (Lipinski definition) is 3. The van der Waals surface area contributed by atoms with Crippen LogP contribution in [0.2, 0.25) is 0 Å². The molecular formula is C35H23IrN3O-2. The second-order valence-electron chi connectivity index (χ2n) is 9.38. The summed E-state index contributed by atoms with van der Waals surface area (Å²) >= 11 is 0. The molecule has 0 saturated heterocycles. The van der Waals surface area contributed by atoms with Crippen LogP contribution in [0.5, 0.6) is 0 Å². The SMILES string of the molecule is Cn1ccnc1-c1[c-]ccc2c1oc1c2ccc2ccc3ccccc3c21.[Ir].[c-]1ccccc1-c1ccccn1. The Kier molecular flexibility index (Phi) is 7.00. The van der Waals surface area contributed by atoms with Crippen molar-refractivity contribution in [2.75, 3.05) is 0 Å². The molecule has 3 aromatic heterocycles. The number of imidazole rings is 1. The van der Waals surface area contributed by atoms with E-state index in [9.17, 15) is 0 Å². The van der Waals surface area contributed by atoms with Gasteiger partial charge in [-0.25, -0.2) is 0 Å². The van der Waals surface area contributed by atoms with Gasteiger partial charge in [-0.05, 0) is 27.9 Å². The average Bonchev–Trinajstić information content (AvgIpc) is 3.61. The van der Waals surface area contributed by atoms with Gasteiger partial charge in [0.25, 0.3) is 0 Å². The molecule has 0 aliphatic heterocycles. The summed E-state index contributed by atoms with van der Waals surface area (Å²) in [5, 5.41) is 6.99. The normalized spacial score (nSPS) is 10.9. The van der Waals surface area contributed by atoms with Gasteiger partial charge in [-0.15, -0.1) is 54.1 Å². The number of aromatic nitrogens is 3. The van der Waals surface area contributed by atoms with Crippen molar-refractivity contribution >= 4 is 43.5 Å². The predicted molar refractivity (Wildman–Crippen MR) is 158 cm³/mol. The number of nitrogens with zero attached hydrogens (tertiary/aromatic N) is 3. The van der Waals surface area contributed by atoms with Crippen LogP contribution in [0.4, 0.5) is 0 Å². The Labute approximate surface area is 245 Å². The van der Waals surface area contributed by atoms with Crippen LogP contribution in [-0.2, 0) is 27.2 Å². The first-order valence-electron chi connectivity index (χ1n) is 12.8. The van der Waals surface area contributed by atoms with Gasteiger partial charge in [-0.3, -0.25) is 4.98 Å². The summed E-state index contributed by atoms with van der Waals surface area (Å²) in [7, 11) is 1.99. The maximum Gasteiger partial charge on any atom is 0.129 e. The van der Waals surface area contributed by atoms with Crippen molar-refractivity contribution in [3.63, 3.8) is 0 Å². The summed E-state index contributed by atoms with van der Waals surface area (Å²) in [5.74, 6) is 0.855. The molecule has 0 saturated carbocycles. The Hall–Kier alpha value is -4.57. The van der Waals surface area contributed by atoms with Gasteiger partial charge >= 0.3 is 0 Å². The second-order valence-corrected chi connectivity index (χ2v) is 9.38. The zero-order valence-electron chi connectivity index (χ0n) is 21.6. The predicted octanol–water partition coefficient (Wildman–Crippen LogP) is 8.64. The fourth-order valence-corrected chi connectivity index (χ4v) is 5.13. The first-order valence-corrected chi connectivity index (χ1v) is 12.8. The summed E-state index contributed by atoms with van der Waals surface area (Å²) in [5.41, 5.74) is 4.66. The van der Waals surface area contributed by atoms with Crippen molar-refractivity contribution in [1.82, 2.24) is 14.5 Å². The van der Waals surface area contributed by atoms with Crippen LogP contribution in [0.3, 0.4) is 0 Å². The molecule has 40 heavy (non-hydrogen) atoms. The van der Waals surface area contributed by atoms with Crippen LogP contribution in [0.15, 0.2) is 126 Å². The van der Waals surface area contributed by atoms with Gasteiger partial charge in [0.15, 0.2) is 0 Å². The minimum atomic E-state index is 0. The van der Waals surface area contributed by atoms with Gasteiger partial charge in [-0.2, -0.15) is 0 Å². The van der Waals surface area contributed by atoms with Crippen LogP contribution in [0.1, 0.15) is 0 Å². The summed E-state index contributed by atoms with van der Waals surface area (Å²) in [4.78, 5) is 8.71. The number of pyridine rings is 1. The van der Waals surface area contributed by atoms with E-state index in [4.69, 9.17) is 4.42 Å². The number of furan rings is 1. The Morgan fingerprint density at radius 1 is 0.650 bits per heavy atom. The largest absolute Gasteiger partial charge is 0.500 e. The standard InChI is InChI=1S/C24H15N2O.C11H8N.Ir/c1-26-14-13-25-24(26)20-8-4-7-18-19-12-11-16-10-9-15-5-2-3-6-17(15)21(16)23(19)27-22(18)20;1-2-6-10(7-3-1)11-8-4-5-9-12-11;/h2-7,9-14H,1H3;1-6,8-9H;/q2*-1;. The first-order chi connectivity index (χ1) is 19.3. The number of aryl methyl sites for hydroxylation is 1. The quantitative estimate of drug-likeness (QED) is 0.135. The fraction of sp³-hybridized carbons (Fsp3) is 0.0286. The van der Waals surface area contributed by atoms with E-state index >= 15 is 0 Å². The Balaban J connectivity index is 0.000000188. The number of rotatable bonds is 2. The van der Waals surface area contributed by atoms with Gasteiger partial charge < -0.3 is 14.0 Å². The minimum absolute atomic E-state index is 0. The molecule has 0 unspecified atom stereocenters. The molecule has 0 fully saturated rings. The molecule has 0 bridgehead atoms. The van der Waals surface area contributed by atoms with Crippen LogP contribution < -0.4 is 0 Å². The molecule has 8 aromatic rings. The van der Waals surface area contributed by atoms with E-state index in [-0.39, 0.29) is 20.1 Å². The molecule has 1 radical (unpaired) electrons. The van der Waals surface area contributed by atoms with Gasteiger partial charge in [0.1, 0.15) is 5.58 Å². The van der Waals surface area contributed by atoms with E-state index in [2.05, 4.69) is 76.7 Å². The number of hydrogen-bond donors (Lipinski definition) is 0. The summed E-state index contributed by atoms with van der Waals surface area (Å²) < 4.78 is 8.49. The van der Waals surface area contributed by atoms with Gasteiger partial charge in [0.05, 0.1) is 11.4 Å². The van der Waals surface area contributed by atoms with Crippen molar-refractivity contribution in [2.45, 2.75) is 0 Å². The van der Waals surface area contributed by atoms with Crippen LogP contribution in [-0.4, -0.2) is 14.5 Å². The summed E-state index contributed by atoms with van der Waals surface area (Å²) in [6.45, 7) is 0. The molecule has 0 aliphatic carbocycles. The second kappa shape index (κ2) is 10.9. The summed E-state index contributed by atoms with van der Waals surface area (Å²) in [6, 6.07) is 41.3. The average molecular weight is 694 g/mol. The molecule has 0 spiro atoms. The Morgan fingerprint density at radius 3 is 2.25 bits per heavy atom. The first kappa shape index (κ1) is 25.7. The van der Waals surface area contributed by atoms with E-state index in [0.717, 1.165) is 50.0 Å². The molecule has 5 heteroatoms. The van der Waals surface area contributed by atoms with Crippen LogP contribution in [0, 0.1) is 12.1 Å². The monoisotopic (exact) mass is 694 g/mol. The molecule has 195 valence electrons. The molecule has 0 N–H and O–H groups in total. The molecule has 0 amide bonds. The molecule has 0 aliphatic rings. The maximum atomic E-state index is 6.50. The van der Waals surface area contributed by atoms with Crippen LogP contribution >= 0.6 is 0 Å². The maximum absolute atomic E-state index is 6.50. The summed E-state index contributed by atoms with van der Waals surface area (Å²) in [6.07, 6.45) is 5.53. The van der Waals surface area contributed by atoms with E-state index in [1.54, 1.807) is 12.4 Å². The molecular weight excluding hydrogens is 671 g/mol. The van der Waals surface area contributed by atoms with Crippen LogP contribution in [0.25, 0.3) is 66.1 Å². The van der Waals surface area contributed by atoms with Gasteiger partial charge in [0.2, 0.25) is 0 Å². The number of fused-ring (bicyclic) bond motifs is 7. The Bertz CT molecular complexity index is 2040. The third kappa shape index (κ3) is 4.50.